The molecule has 0 amide bonds. The number of allylic oxidation sites excluding steroid dienone is 1. The first-order chi connectivity index (χ1) is 7.81. The van der Waals surface area contributed by atoms with Gasteiger partial charge in [0.15, 0.2) is 0 Å². The predicted molar refractivity (Wildman–Crippen MR) is 69.6 cm³/mol. The van der Waals surface area contributed by atoms with Gasteiger partial charge < -0.3 is 5.32 Å². The molecule has 2 aliphatic rings. The maximum absolute atomic E-state index is 3.62. The average molecular weight is 222 g/mol. The predicted octanol–water partition coefficient (Wildman–Crippen LogP) is 2.42. The summed E-state index contributed by atoms with van der Waals surface area (Å²) < 4.78 is 0. The molecule has 3 unspecified atom stereocenters. The van der Waals surface area contributed by atoms with Crippen LogP contribution in [-0.4, -0.2) is 36.6 Å². The fraction of sp³-hybridized carbons (Fsp3) is 0.857. The highest BCUT2D eigenvalue weighted by Gasteiger charge is 2.29. The molecule has 0 saturated carbocycles. The molecule has 1 heterocycles. The van der Waals surface area contributed by atoms with Crippen LogP contribution in [0.2, 0.25) is 0 Å². The Hall–Kier alpha value is -0.340. The summed E-state index contributed by atoms with van der Waals surface area (Å²) in [5.41, 5.74) is 0. The van der Waals surface area contributed by atoms with Gasteiger partial charge in [0, 0.05) is 18.6 Å². The minimum atomic E-state index is 0.750. The maximum Gasteiger partial charge on any atom is 0.0133 e. The van der Waals surface area contributed by atoms with Gasteiger partial charge in [-0.15, -0.1) is 0 Å². The molecule has 1 aliphatic carbocycles. The summed E-state index contributed by atoms with van der Waals surface area (Å²) in [5, 5.41) is 3.62. The van der Waals surface area contributed by atoms with Crippen LogP contribution in [0.3, 0.4) is 0 Å². The van der Waals surface area contributed by atoms with Gasteiger partial charge in [-0.1, -0.05) is 26.0 Å². The van der Waals surface area contributed by atoms with Crippen LogP contribution in [-0.2, 0) is 0 Å². The third-order valence-electron chi connectivity index (χ3n) is 4.16. The Morgan fingerprint density at radius 3 is 2.81 bits per heavy atom. The van der Waals surface area contributed by atoms with Crippen LogP contribution in [0, 0.1) is 5.92 Å². The van der Waals surface area contributed by atoms with Crippen LogP contribution in [0.15, 0.2) is 12.2 Å². The third-order valence-corrected chi connectivity index (χ3v) is 4.16. The van der Waals surface area contributed by atoms with E-state index in [1.54, 1.807) is 0 Å². The van der Waals surface area contributed by atoms with Crippen LogP contribution in [0.1, 0.15) is 39.5 Å². The Morgan fingerprint density at radius 1 is 1.31 bits per heavy atom. The highest BCUT2D eigenvalue weighted by molar-refractivity contribution is 4.96. The lowest BCUT2D eigenvalue weighted by Gasteiger charge is -2.42. The summed E-state index contributed by atoms with van der Waals surface area (Å²) in [6, 6.07) is 1.58. The molecule has 2 heteroatoms. The first-order valence-corrected chi connectivity index (χ1v) is 6.93. The molecule has 0 radical (unpaired) electrons. The molecular formula is C14H26N2. The first kappa shape index (κ1) is 12.1. The van der Waals surface area contributed by atoms with Crippen molar-refractivity contribution in [1.82, 2.24) is 10.2 Å². The molecule has 1 saturated heterocycles. The van der Waals surface area contributed by atoms with Gasteiger partial charge in [-0.3, -0.25) is 4.90 Å². The van der Waals surface area contributed by atoms with E-state index in [9.17, 15) is 0 Å². The second kappa shape index (κ2) is 5.83. The maximum atomic E-state index is 3.62. The van der Waals surface area contributed by atoms with Crippen molar-refractivity contribution < 1.29 is 0 Å². The lowest BCUT2D eigenvalue weighted by Crippen LogP contribution is -2.51. The van der Waals surface area contributed by atoms with Crippen molar-refractivity contribution in [3.63, 3.8) is 0 Å². The van der Waals surface area contributed by atoms with Gasteiger partial charge in [0.05, 0.1) is 0 Å². The quantitative estimate of drug-likeness (QED) is 0.738. The number of nitrogens with zero attached hydrogens (tertiary/aromatic N) is 1. The van der Waals surface area contributed by atoms with Crippen molar-refractivity contribution in [2.24, 2.45) is 5.92 Å². The Kier molecular flexibility index (Phi) is 4.42. The standard InChI is InChI=1S/C14H26N2/c1-3-15-14-9-10-16(11-12(14)2)13-7-5-4-6-8-13/h4-5,12-15H,3,6-11H2,1-2H3. The summed E-state index contributed by atoms with van der Waals surface area (Å²) in [4.78, 5) is 2.72. The average Bonchev–Trinajstić information content (AvgIpc) is 2.33. The van der Waals surface area contributed by atoms with Gasteiger partial charge >= 0.3 is 0 Å². The van der Waals surface area contributed by atoms with Crippen LogP contribution in [0.25, 0.3) is 0 Å². The van der Waals surface area contributed by atoms with E-state index >= 15 is 0 Å². The molecule has 2 rings (SSSR count). The summed E-state index contributed by atoms with van der Waals surface area (Å²) in [6.45, 7) is 8.31. The first-order valence-electron chi connectivity index (χ1n) is 6.93. The second-order valence-corrected chi connectivity index (χ2v) is 5.36. The van der Waals surface area contributed by atoms with Gasteiger partial charge in [0.1, 0.15) is 0 Å². The Labute approximate surface area is 100 Å². The zero-order valence-corrected chi connectivity index (χ0v) is 10.8. The van der Waals surface area contributed by atoms with Crippen molar-refractivity contribution in [2.45, 2.75) is 51.6 Å². The summed E-state index contributed by atoms with van der Waals surface area (Å²) >= 11 is 0. The topological polar surface area (TPSA) is 15.3 Å². The monoisotopic (exact) mass is 222 g/mol. The number of rotatable bonds is 3. The smallest absolute Gasteiger partial charge is 0.0133 e. The summed E-state index contributed by atoms with van der Waals surface area (Å²) in [7, 11) is 0. The lowest BCUT2D eigenvalue weighted by molar-refractivity contribution is 0.0989. The van der Waals surface area contributed by atoms with Crippen molar-refractivity contribution >= 4 is 0 Å². The summed E-state index contributed by atoms with van der Waals surface area (Å²) in [6.07, 6.45) is 9.97. The Balaban J connectivity index is 1.84. The SMILES string of the molecule is CCNC1CCN(C2CC=CCC2)CC1C. The molecule has 1 N–H and O–H groups in total. The molecule has 0 aromatic carbocycles. The second-order valence-electron chi connectivity index (χ2n) is 5.36. The van der Waals surface area contributed by atoms with E-state index in [4.69, 9.17) is 0 Å². The van der Waals surface area contributed by atoms with Gasteiger partial charge in [-0.25, -0.2) is 0 Å². The van der Waals surface area contributed by atoms with Crippen molar-refractivity contribution in [2.75, 3.05) is 19.6 Å². The molecule has 1 fully saturated rings. The molecule has 0 aromatic rings. The van der Waals surface area contributed by atoms with Crippen molar-refractivity contribution in [3.05, 3.63) is 12.2 Å². The number of hydrogen-bond donors (Lipinski definition) is 1. The molecule has 92 valence electrons. The van der Waals surface area contributed by atoms with E-state index in [1.807, 2.05) is 0 Å². The van der Waals surface area contributed by atoms with E-state index in [0.717, 1.165) is 24.5 Å². The molecule has 2 nitrogen and oxygen atoms in total. The van der Waals surface area contributed by atoms with Gasteiger partial charge in [-0.05, 0) is 44.7 Å². The summed E-state index contributed by atoms with van der Waals surface area (Å²) in [5.74, 6) is 0.805. The van der Waals surface area contributed by atoms with Crippen molar-refractivity contribution in [1.29, 1.82) is 0 Å². The lowest BCUT2D eigenvalue weighted by atomic mass is 9.90. The fourth-order valence-corrected chi connectivity index (χ4v) is 3.18. The Bertz CT molecular complexity index is 237. The highest BCUT2D eigenvalue weighted by atomic mass is 15.2. The molecule has 3 atom stereocenters. The van der Waals surface area contributed by atoms with Crippen LogP contribution < -0.4 is 5.32 Å². The van der Waals surface area contributed by atoms with Gasteiger partial charge in [-0.2, -0.15) is 0 Å². The van der Waals surface area contributed by atoms with E-state index in [-0.39, 0.29) is 0 Å². The number of nitrogens with one attached hydrogen (secondary N) is 1. The number of hydrogen-bond acceptors (Lipinski definition) is 2. The minimum Gasteiger partial charge on any atom is -0.314 e. The zero-order chi connectivity index (χ0) is 11.4. The zero-order valence-electron chi connectivity index (χ0n) is 10.8. The van der Waals surface area contributed by atoms with E-state index < -0.39 is 0 Å². The molecule has 1 aliphatic heterocycles. The highest BCUT2D eigenvalue weighted by Crippen LogP contribution is 2.24. The van der Waals surface area contributed by atoms with Gasteiger partial charge in [0.2, 0.25) is 0 Å². The molecule has 0 spiro atoms. The Morgan fingerprint density at radius 2 is 2.19 bits per heavy atom. The molecule has 0 aromatic heterocycles. The largest absolute Gasteiger partial charge is 0.314 e. The van der Waals surface area contributed by atoms with Crippen molar-refractivity contribution in [3.8, 4) is 0 Å². The third kappa shape index (κ3) is 2.86. The van der Waals surface area contributed by atoms with E-state index in [1.165, 1.54) is 38.8 Å². The van der Waals surface area contributed by atoms with Gasteiger partial charge in [0.25, 0.3) is 0 Å². The fourth-order valence-electron chi connectivity index (χ4n) is 3.18. The molecule has 16 heavy (non-hydrogen) atoms. The van der Waals surface area contributed by atoms with Crippen LogP contribution >= 0.6 is 0 Å². The van der Waals surface area contributed by atoms with E-state index in [0.29, 0.717) is 0 Å². The van der Waals surface area contributed by atoms with Crippen LogP contribution in [0.4, 0.5) is 0 Å². The normalized spacial score (nSPS) is 36.5. The molecular weight excluding hydrogens is 196 g/mol. The molecule has 0 bridgehead atoms. The number of piperidine rings is 1. The number of likely N-dealkylation sites (tertiary alicyclic amines) is 1. The van der Waals surface area contributed by atoms with E-state index in [2.05, 4.69) is 36.2 Å². The van der Waals surface area contributed by atoms with Crippen LogP contribution in [0.5, 0.6) is 0 Å². The minimum absolute atomic E-state index is 0.750.